The highest BCUT2D eigenvalue weighted by atomic mass is 35.5. The van der Waals surface area contributed by atoms with Crippen LogP contribution in [0.5, 0.6) is 5.75 Å². The number of thioether (sulfide) groups is 1. The first-order valence-electron chi connectivity index (χ1n) is 8.57. The Morgan fingerprint density at radius 1 is 1.11 bits per heavy atom. The van der Waals surface area contributed by atoms with Gasteiger partial charge >= 0.3 is 0 Å². The highest BCUT2D eigenvalue weighted by molar-refractivity contribution is 7.98. The van der Waals surface area contributed by atoms with Gasteiger partial charge < -0.3 is 15.4 Å². The number of ether oxygens (including phenoxy) is 1. The largest absolute Gasteiger partial charge is 0.484 e. The molecule has 0 heterocycles. The summed E-state index contributed by atoms with van der Waals surface area (Å²) >= 11 is 7.49. The summed E-state index contributed by atoms with van der Waals surface area (Å²) in [5.74, 6) is 0.831. The molecule has 27 heavy (non-hydrogen) atoms. The third-order valence-corrected chi connectivity index (χ3v) is 4.65. The zero-order valence-corrected chi connectivity index (χ0v) is 16.7. The molecule has 2 aromatic rings. The molecule has 0 saturated heterocycles. The molecule has 2 rings (SSSR count). The second kappa shape index (κ2) is 11.5. The van der Waals surface area contributed by atoms with E-state index in [1.54, 1.807) is 36.0 Å². The minimum atomic E-state index is -0.600. The molecule has 2 amide bonds. The van der Waals surface area contributed by atoms with Crippen LogP contribution in [-0.2, 0) is 16.1 Å². The van der Waals surface area contributed by atoms with Crippen LogP contribution in [0, 0.1) is 0 Å². The lowest BCUT2D eigenvalue weighted by Crippen LogP contribution is -2.48. The standard InChI is InChI=1S/C20H23ClN2O3S/c1-27-12-11-18(20(25)22-13-15-7-9-16(21)10-8-15)23-19(24)14-26-17-5-3-2-4-6-17/h2-10,18H,11-14H2,1H3,(H,22,25)(H,23,24)/t18-/m1/s1. The number of rotatable bonds is 10. The lowest BCUT2D eigenvalue weighted by molar-refractivity contribution is -0.130. The van der Waals surface area contributed by atoms with E-state index in [2.05, 4.69) is 10.6 Å². The highest BCUT2D eigenvalue weighted by Crippen LogP contribution is 2.10. The molecule has 0 aliphatic carbocycles. The number of para-hydroxylation sites is 1. The Kier molecular flexibility index (Phi) is 9.01. The summed E-state index contributed by atoms with van der Waals surface area (Å²) in [4.78, 5) is 24.7. The van der Waals surface area contributed by atoms with Crippen molar-refractivity contribution in [1.82, 2.24) is 10.6 Å². The van der Waals surface area contributed by atoms with Crippen LogP contribution in [0.2, 0.25) is 5.02 Å². The van der Waals surface area contributed by atoms with Gasteiger partial charge in [0.25, 0.3) is 5.91 Å². The Morgan fingerprint density at radius 2 is 1.81 bits per heavy atom. The smallest absolute Gasteiger partial charge is 0.258 e. The number of nitrogens with one attached hydrogen (secondary N) is 2. The Morgan fingerprint density at radius 3 is 2.48 bits per heavy atom. The Hall–Kier alpha value is -2.18. The van der Waals surface area contributed by atoms with Crippen molar-refractivity contribution in [1.29, 1.82) is 0 Å². The van der Waals surface area contributed by atoms with E-state index in [0.29, 0.717) is 23.7 Å². The number of hydrogen-bond donors (Lipinski definition) is 2. The first-order valence-corrected chi connectivity index (χ1v) is 10.3. The molecule has 0 aromatic heterocycles. The second-order valence-electron chi connectivity index (χ2n) is 5.85. The van der Waals surface area contributed by atoms with Crippen molar-refractivity contribution in [2.45, 2.75) is 19.0 Å². The molecule has 0 aliphatic heterocycles. The average molecular weight is 407 g/mol. The number of carbonyl (C=O) groups excluding carboxylic acids is 2. The molecular weight excluding hydrogens is 384 g/mol. The Balaban J connectivity index is 1.85. The summed E-state index contributed by atoms with van der Waals surface area (Å²) in [5.41, 5.74) is 0.940. The molecule has 0 fully saturated rings. The van der Waals surface area contributed by atoms with Crippen molar-refractivity contribution in [3.8, 4) is 5.75 Å². The van der Waals surface area contributed by atoms with Crippen LogP contribution < -0.4 is 15.4 Å². The molecule has 144 valence electrons. The quantitative estimate of drug-likeness (QED) is 0.635. The van der Waals surface area contributed by atoms with Gasteiger partial charge in [-0.1, -0.05) is 41.9 Å². The monoisotopic (exact) mass is 406 g/mol. The van der Waals surface area contributed by atoms with Crippen LogP contribution in [0.15, 0.2) is 54.6 Å². The van der Waals surface area contributed by atoms with Gasteiger partial charge in [-0.3, -0.25) is 9.59 Å². The third kappa shape index (κ3) is 7.93. The first-order chi connectivity index (χ1) is 13.1. The Bertz CT molecular complexity index is 726. The van der Waals surface area contributed by atoms with E-state index in [1.165, 1.54) is 0 Å². The normalized spacial score (nSPS) is 11.5. The summed E-state index contributed by atoms with van der Waals surface area (Å²) in [6.07, 6.45) is 2.51. The van der Waals surface area contributed by atoms with Gasteiger partial charge in [-0.25, -0.2) is 0 Å². The van der Waals surface area contributed by atoms with Crippen LogP contribution in [0.4, 0.5) is 0 Å². The first kappa shape index (κ1) is 21.1. The lowest BCUT2D eigenvalue weighted by Gasteiger charge is -2.18. The molecule has 0 spiro atoms. The predicted molar refractivity (Wildman–Crippen MR) is 110 cm³/mol. The summed E-state index contributed by atoms with van der Waals surface area (Å²) in [6, 6.07) is 15.7. The van der Waals surface area contributed by atoms with Crippen LogP contribution >= 0.6 is 23.4 Å². The number of amides is 2. The number of hydrogen-bond acceptors (Lipinski definition) is 4. The number of halogens is 1. The summed E-state index contributed by atoms with van der Waals surface area (Å²) in [7, 11) is 0. The van der Waals surface area contributed by atoms with E-state index < -0.39 is 6.04 Å². The predicted octanol–water partition coefficient (Wildman–Crippen LogP) is 3.27. The van der Waals surface area contributed by atoms with Crippen LogP contribution in [0.3, 0.4) is 0 Å². The zero-order valence-electron chi connectivity index (χ0n) is 15.1. The van der Waals surface area contributed by atoms with E-state index in [-0.39, 0.29) is 18.4 Å². The fourth-order valence-electron chi connectivity index (χ4n) is 2.32. The lowest BCUT2D eigenvalue weighted by atomic mass is 10.2. The average Bonchev–Trinajstić information content (AvgIpc) is 2.69. The Labute approximate surface area is 168 Å². The van der Waals surface area contributed by atoms with Crippen molar-refractivity contribution in [2.75, 3.05) is 18.6 Å². The topological polar surface area (TPSA) is 67.4 Å². The summed E-state index contributed by atoms with van der Waals surface area (Å²) in [6.45, 7) is 0.242. The van der Waals surface area contributed by atoms with E-state index in [0.717, 1.165) is 11.3 Å². The molecule has 0 radical (unpaired) electrons. The SMILES string of the molecule is CSCC[C@@H](NC(=O)COc1ccccc1)C(=O)NCc1ccc(Cl)cc1. The zero-order chi connectivity index (χ0) is 19.5. The van der Waals surface area contributed by atoms with E-state index in [1.807, 2.05) is 36.6 Å². The van der Waals surface area contributed by atoms with Gasteiger partial charge in [-0.15, -0.1) is 0 Å². The molecule has 0 unspecified atom stereocenters. The van der Waals surface area contributed by atoms with Gasteiger partial charge in [-0.2, -0.15) is 11.8 Å². The van der Waals surface area contributed by atoms with Crippen molar-refractivity contribution in [3.63, 3.8) is 0 Å². The summed E-state index contributed by atoms with van der Waals surface area (Å²) < 4.78 is 5.43. The second-order valence-corrected chi connectivity index (χ2v) is 7.27. The molecule has 2 aromatic carbocycles. The van der Waals surface area contributed by atoms with Crippen molar-refractivity contribution >= 4 is 35.2 Å². The van der Waals surface area contributed by atoms with Gasteiger partial charge in [-0.05, 0) is 48.3 Å². The fraction of sp³-hybridized carbons (Fsp3) is 0.300. The maximum Gasteiger partial charge on any atom is 0.258 e. The van der Waals surface area contributed by atoms with E-state index in [4.69, 9.17) is 16.3 Å². The van der Waals surface area contributed by atoms with Gasteiger partial charge in [0.05, 0.1) is 0 Å². The molecular formula is C20H23ClN2O3S. The molecule has 0 aliphatic rings. The van der Waals surface area contributed by atoms with Gasteiger partial charge in [0, 0.05) is 11.6 Å². The number of carbonyl (C=O) groups is 2. The molecule has 2 N–H and O–H groups in total. The van der Waals surface area contributed by atoms with Crippen molar-refractivity contribution < 1.29 is 14.3 Å². The fourth-order valence-corrected chi connectivity index (χ4v) is 2.92. The minimum Gasteiger partial charge on any atom is -0.484 e. The van der Waals surface area contributed by atoms with Gasteiger partial charge in [0.1, 0.15) is 11.8 Å². The van der Waals surface area contributed by atoms with Crippen LogP contribution in [0.25, 0.3) is 0 Å². The molecule has 5 nitrogen and oxygen atoms in total. The molecule has 1 atom stereocenters. The van der Waals surface area contributed by atoms with E-state index >= 15 is 0 Å². The van der Waals surface area contributed by atoms with Crippen molar-refractivity contribution in [3.05, 3.63) is 65.2 Å². The molecule has 0 saturated carbocycles. The minimum absolute atomic E-state index is 0.135. The van der Waals surface area contributed by atoms with Gasteiger partial charge in [0.2, 0.25) is 5.91 Å². The van der Waals surface area contributed by atoms with Crippen molar-refractivity contribution in [2.24, 2.45) is 0 Å². The molecule has 7 heteroatoms. The maximum absolute atomic E-state index is 12.5. The maximum atomic E-state index is 12.5. The number of benzene rings is 2. The van der Waals surface area contributed by atoms with Crippen LogP contribution in [-0.4, -0.2) is 36.5 Å². The summed E-state index contributed by atoms with van der Waals surface area (Å²) in [5, 5.41) is 6.26. The third-order valence-electron chi connectivity index (χ3n) is 3.76. The van der Waals surface area contributed by atoms with Gasteiger partial charge in [0.15, 0.2) is 6.61 Å². The molecule has 0 bridgehead atoms. The van der Waals surface area contributed by atoms with E-state index in [9.17, 15) is 9.59 Å². The highest BCUT2D eigenvalue weighted by Gasteiger charge is 2.20. The van der Waals surface area contributed by atoms with Crippen LogP contribution in [0.1, 0.15) is 12.0 Å².